The van der Waals surface area contributed by atoms with Crippen LogP contribution >= 0.6 is 0 Å². The van der Waals surface area contributed by atoms with E-state index in [1.54, 1.807) is 17.8 Å². The Balaban J connectivity index is 1.22. The number of aliphatic carboxylic acids is 1. The van der Waals surface area contributed by atoms with Crippen LogP contribution in [0, 0.1) is 6.92 Å². The number of carboxylic acids is 1. The zero-order chi connectivity index (χ0) is 26.3. The van der Waals surface area contributed by atoms with Crippen molar-refractivity contribution in [2.45, 2.75) is 37.8 Å². The third-order valence-corrected chi connectivity index (χ3v) is 7.28. The fraction of sp³-hybridized carbons (Fsp3) is 0.200. The van der Waals surface area contributed by atoms with Crippen LogP contribution in [-0.4, -0.2) is 36.3 Å². The second-order valence-corrected chi connectivity index (χ2v) is 9.78. The first-order valence-corrected chi connectivity index (χ1v) is 12.5. The van der Waals surface area contributed by atoms with Crippen molar-refractivity contribution < 1.29 is 19.5 Å². The van der Waals surface area contributed by atoms with E-state index < -0.39 is 17.5 Å². The maximum Gasteiger partial charge on any atom is 0.314 e. The molecule has 2 heterocycles. The molecule has 6 rings (SSSR count). The maximum absolute atomic E-state index is 11.6. The molecule has 190 valence electrons. The Morgan fingerprint density at radius 2 is 1.61 bits per heavy atom. The number of hydrogen-bond acceptors (Lipinski definition) is 6. The molecule has 1 saturated carbocycles. The summed E-state index contributed by atoms with van der Waals surface area (Å²) in [5.74, 6) is -0.277. The first-order valence-electron chi connectivity index (χ1n) is 12.5. The standard InChI is InChI=1S/C30H26N4O4/c1-19-26(27(35)25-18-34(33-31-25)17-20-5-3-2-4-6-20)28(38-32-19)23-9-7-21(8-10-23)22-11-13-24(14-12-22)30(15-16-30)29(36)37/h2-14,18,27,35H,15-17H2,1H3,(H,36,37). The predicted molar refractivity (Wildman–Crippen MR) is 140 cm³/mol. The Labute approximate surface area is 219 Å². The molecule has 0 bridgehead atoms. The highest BCUT2D eigenvalue weighted by Gasteiger charge is 2.51. The highest BCUT2D eigenvalue weighted by Crippen LogP contribution is 2.48. The summed E-state index contributed by atoms with van der Waals surface area (Å²) in [6.45, 7) is 2.34. The zero-order valence-electron chi connectivity index (χ0n) is 20.8. The molecule has 0 radical (unpaired) electrons. The number of hydrogen-bond donors (Lipinski definition) is 2. The minimum absolute atomic E-state index is 0.417. The van der Waals surface area contributed by atoms with Crippen LogP contribution in [0.1, 0.15) is 47.0 Å². The van der Waals surface area contributed by atoms with E-state index in [1.807, 2.05) is 78.9 Å². The first-order chi connectivity index (χ1) is 18.4. The van der Waals surface area contributed by atoms with Gasteiger partial charge in [-0.1, -0.05) is 89.2 Å². The van der Waals surface area contributed by atoms with Gasteiger partial charge in [-0.3, -0.25) is 4.79 Å². The second kappa shape index (κ2) is 9.39. The molecule has 1 atom stereocenters. The smallest absolute Gasteiger partial charge is 0.314 e. The maximum atomic E-state index is 11.6. The van der Waals surface area contributed by atoms with Gasteiger partial charge >= 0.3 is 5.97 Å². The minimum atomic E-state index is -1.04. The molecular weight excluding hydrogens is 480 g/mol. The Morgan fingerprint density at radius 3 is 2.24 bits per heavy atom. The lowest BCUT2D eigenvalue weighted by atomic mass is 9.93. The van der Waals surface area contributed by atoms with Crippen molar-refractivity contribution in [3.63, 3.8) is 0 Å². The van der Waals surface area contributed by atoms with Crippen LogP contribution in [0.4, 0.5) is 0 Å². The number of nitrogens with zero attached hydrogens (tertiary/aromatic N) is 4. The quantitative estimate of drug-likeness (QED) is 0.299. The molecule has 8 nitrogen and oxygen atoms in total. The Kier molecular flexibility index (Phi) is 5.88. The molecular formula is C30H26N4O4. The molecule has 2 N–H and O–H groups in total. The van der Waals surface area contributed by atoms with Gasteiger partial charge in [0.15, 0.2) is 5.76 Å². The van der Waals surface area contributed by atoms with E-state index in [4.69, 9.17) is 4.52 Å². The largest absolute Gasteiger partial charge is 0.481 e. The number of aliphatic hydroxyl groups excluding tert-OH is 1. The summed E-state index contributed by atoms with van der Waals surface area (Å²) < 4.78 is 7.33. The summed E-state index contributed by atoms with van der Waals surface area (Å²) in [6.07, 6.45) is 2.06. The van der Waals surface area contributed by atoms with Crippen molar-refractivity contribution in [3.8, 4) is 22.5 Å². The van der Waals surface area contributed by atoms with Crippen molar-refractivity contribution in [1.82, 2.24) is 20.2 Å². The third kappa shape index (κ3) is 4.29. The number of aryl methyl sites for hydroxylation is 1. The molecule has 3 aromatic carbocycles. The number of rotatable bonds is 8. The zero-order valence-corrected chi connectivity index (χ0v) is 20.8. The van der Waals surface area contributed by atoms with E-state index >= 15 is 0 Å². The van der Waals surface area contributed by atoms with Gasteiger partial charge in [0.1, 0.15) is 11.8 Å². The Hall–Kier alpha value is -4.56. The van der Waals surface area contributed by atoms with Crippen LogP contribution in [0.25, 0.3) is 22.5 Å². The van der Waals surface area contributed by atoms with Gasteiger partial charge in [-0.05, 0) is 42.0 Å². The van der Waals surface area contributed by atoms with Gasteiger partial charge in [0.05, 0.1) is 29.4 Å². The molecule has 2 aromatic heterocycles. The van der Waals surface area contributed by atoms with Crippen LogP contribution in [0.3, 0.4) is 0 Å². The lowest BCUT2D eigenvalue weighted by Crippen LogP contribution is -2.19. The molecule has 8 heteroatoms. The van der Waals surface area contributed by atoms with Crippen LogP contribution < -0.4 is 0 Å². The summed E-state index contributed by atoms with van der Waals surface area (Å²) in [7, 11) is 0. The molecule has 1 aliphatic carbocycles. The molecule has 0 aliphatic heterocycles. The molecule has 5 aromatic rings. The SMILES string of the molecule is Cc1noc(-c2ccc(-c3ccc(C4(C(=O)O)CC4)cc3)cc2)c1C(O)c1cn(Cc2ccccc2)nn1. The molecule has 0 amide bonds. The number of benzene rings is 3. The number of aliphatic hydroxyl groups is 1. The van der Waals surface area contributed by atoms with Crippen molar-refractivity contribution in [3.05, 3.63) is 113 Å². The Bertz CT molecular complexity index is 1580. The lowest BCUT2D eigenvalue weighted by Gasteiger charge is -2.11. The average molecular weight is 507 g/mol. The summed E-state index contributed by atoms with van der Waals surface area (Å²) in [4.78, 5) is 11.6. The van der Waals surface area contributed by atoms with E-state index in [0.29, 0.717) is 42.1 Å². The minimum Gasteiger partial charge on any atom is -0.481 e. The first kappa shape index (κ1) is 23.8. The number of carbonyl (C=O) groups is 1. The fourth-order valence-corrected chi connectivity index (χ4v) is 4.89. The highest BCUT2D eigenvalue weighted by molar-refractivity contribution is 5.85. The van der Waals surface area contributed by atoms with E-state index in [-0.39, 0.29) is 0 Å². The highest BCUT2D eigenvalue weighted by atomic mass is 16.5. The van der Waals surface area contributed by atoms with Crippen LogP contribution in [0.5, 0.6) is 0 Å². The Morgan fingerprint density at radius 1 is 0.974 bits per heavy atom. The van der Waals surface area contributed by atoms with E-state index in [0.717, 1.165) is 27.8 Å². The molecule has 0 spiro atoms. The number of carboxylic acid groups (broad SMARTS) is 1. The van der Waals surface area contributed by atoms with Crippen molar-refractivity contribution in [2.24, 2.45) is 0 Å². The van der Waals surface area contributed by atoms with E-state index in [9.17, 15) is 15.0 Å². The molecule has 0 saturated heterocycles. The normalized spacial score (nSPS) is 14.8. The lowest BCUT2D eigenvalue weighted by molar-refractivity contribution is -0.140. The fourth-order valence-electron chi connectivity index (χ4n) is 4.89. The average Bonchev–Trinajstić information content (AvgIpc) is 3.49. The third-order valence-electron chi connectivity index (χ3n) is 7.28. The molecule has 1 unspecified atom stereocenters. The van der Waals surface area contributed by atoms with Crippen LogP contribution in [0.15, 0.2) is 89.6 Å². The van der Waals surface area contributed by atoms with Crippen LogP contribution in [-0.2, 0) is 16.8 Å². The summed E-state index contributed by atoms with van der Waals surface area (Å²) in [5, 5.41) is 33.2. The summed E-state index contributed by atoms with van der Waals surface area (Å²) in [6, 6.07) is 25.4. The van der Waals surface area contributed by atoms with Crippen molar-refractivity contribution in [1.29, 1.82) is 0 Å². The molecule has 1 fully saturated rings. The second-order valence-electron chi connectivity index (χ2n) is 9.78. The van der Waals surface area contributed by atoms with Crippen molar-refractivity contribution in [2.75, 3.05) is 0 Å². The number of aromatic nitrogens is 4. The van der Waals surface area contributed by atoms with E-state index in [2.05, 4.69) is 15.5 Å². The van der Waals surface area contributed by atoms with Gasteiger partial charge in [-0.15, -0.1) is 5.10 Å². The predicted octanol–water partition coefficient (Wildman–Crippen LogP) is 5.15. The summed E-state index contributed by atoms with van der Waals surface area (Å²) in [5.41, 5.74) is 5.53. The van der Waals surface area contributed by atoms with Gasteiger partial charge in [-0.2, -0.15) is 0 Å². The summed E-state index contributed by atoms with van der Waals surface area (Å²) >= 11 is 0. The van der Waals surface area contributed by atoms with Gasteiger partial charge in [0.25, 0.3) is 0 Å². The van der Waals surface area contributed by atoms with Gasteiger partial charge in [-0.25, -0.2) is 4.68 Å². The van der Waals surface area contributed by atoms with E-state index in [1.165, 1.54) is 0 Å². The molecule has 38 heavy (non-hydrogen) atoms. The monoisotopic (exact) mass is 506 g/mol. The van der Waals surface area contributed by atoms with Crippen molar-refractivity contribution >= 4 is 5.97 Å². The molecule has 1 aliphatic rings. The van der Waals surface area contributed by atoms with Crippen LogP contribution in [0.2, 0.25) is 0 Å². The van der Waals surface area contributed by atoms with Gasteiger partial charge in [0, 0.05) is 5.56 Å². The van der Waals surface area contributed by atoms with Gasteiger partial charge in [0.2, 0.25) is 0 Å². The van der Waals surface area contributed by atoms with Gasteiger partial charge < -0.3 is 14.7 Å². The topological polar surface area (TPSA) is 114 Å².